The van der Waals surface area contributed by atoms with Crippen LogP contribution in [0.15, 0.2) is 54.9 Å². The van der Waals surface area contributed by atoms with Crippen LogP contribution < -0.4 is 4.90 Å². The number of benzene rings is 2. The van der Waals surface area contributed by atoms with Gasteiger partial charge >= 0.3 is 0 Å². The van der Waals surface area contributed by atoms with Crippen LogP contribution in [-0.2, 0) is 30.0 Å². The van der Waals surface area contributed by atoms with Crippen LogP contribution in [0.25, 0.3) is 0 Å². The lowest BCUT2D eigenvalue weighted by atomic mass is 9.95. The number of aryl methyl sites for hydroxylation is 2. The molecule has 2 aliphatic heterocycles. The molecule has 7 nitrogen and oxygen atoms in total. The Morgan fingerprint density at radius 1 is 0.975 bits per heavy atom. The summed E-state index contributed by atoms with van der Waals surface area (Å²) < 4.78 is 46.0. The Morgan fingerprint density at radius 3 is 2.45 bits per heavy atom. The van der Waals surface area contributed by atoms with Gasteiger partial charge in [-0.25, -0.2) is 12.8 Å². The zero-order valence-corrected chi connectivity index (χ0v) is 24.6. The van der Waals surface area contributed by atoms with Crippen LogP contribution >= 0.6 is 0 Å². The fourth-order valence-electron chi connectivity index (χ4n) is 6.31. The van der Waals surface area contributed by atoms with Crippen molar-refractivity contribution in [1.82, 2.24) is 19.1 Å². The molecule has 2 atom stereocenters. The topological polar surface area (TPSA) is 71.3 Å². The van der Waals surface area contributed by atoms with E-state index < -0.39 is 10.0 Å². The maximum atomic E-state index is 15.3. The molecule has 2 saturated heterocycles. The third-order valence-electron chi connectivity index (χ3n) is 8.82. The molecule has 2 unspecified atom stereocenters. The number of hydrogen-bond acceptors (Lipinski definition) is 5. The molecular weight excluding hydrogens is 525 g/mol. The maximum Gasteiger partial charge on any atom is 0.217 e. The second-order valence-electron chi connectivity index (χ2n) is 11.6. The van der Waals surface area contributed by atoms with Crippen molar-refractivity contribution in [2.75, 3.05) is 18.0 Å². The van der Waals surface area contributed by atoms with E-state index in [2.05, 4.69) is 39.4 Å². The Labute approximate surface area is 238 Å². The maximum absolute atomic E-state index is 15.3. The zero-order valence-electron chi connectivity index (χ0n) is 23.8. The minimum Gasteiger partial charge on any atom is -0.371 e. The van der Waals surface area contributed by atoms with Crippen molar-refractivity contribution in [3.63, 3.8) is 0 Å². The van der Waals surface area contributed by atoms with Gasteiger partial charge in [-0.15, -0.1) is 10.2 Å². The average Bonchev–Trinajstić information content (AvgIpc) is 3.39. The molecule has 5 rings (SSSR count). The van der Waals surface area contributed by atoms with Crippen LogP contribution in [0.2, 0.25) is 0 Å². The summed E-state index contributed by atoms with van der Waals surface area (Å²) in [5.74, 6) is 1.03. The molecule has 2 fully saturated rings. The number of hydrogen-bond donors (Lipinski definition) is 0. The first-order chi connectivity index (χ1) is 19.3. The molecule has 0 aliphatic carbocycles. The van der Waals surface area contributed by atoms with Crippen LogP contribution in [-0.4, -0.2) is 51.9 Å². The standard InChI is InChI=1S/C31H42FN5O2S/c1-24-13-16-29(12-8-4-7-11-25-9-5-3-6-10-25)40(38,39)37(24)22-27-14-15-28(21-30(27)32)36-19-17-26(18-20-36)31-34-33-23-35(31)2/h3,5-6,9-10,14-15,21,23-24,26,29H,4,7-8,11-13,16-20,22H2,1-2H3. The van der Waals surface area contributed by atoms with Gasteiger partial charge in [-0.1, -0.05) is 49.2 Å². The second kappa shape index (κ2) is 12.8. The molecule has 40 heavy (non-hydrogen) atoms. The number of piperidine rings is 1. The van der Waals surface area contributed by atoms with E-state index >= 15 is 4.39 Å². The highest BCUT2D eigenvalue weighted by Crippen LogP contribution is 2.33. The van der Waals surface area contributed by atoms with Gasteiger partial charge in [0.25, 0.3) is 0 Å². The van der Waals surface area contributed by atoms with Gasteiger partial charge in [0.2, 0.25) is 10.0 Å². The largest absolute Gasteiger partial charge is 0.371 e. The lowest BCUT2D eigenvalue weighted by molar-refractivity contribution is 0.275. The predicted molar refractivity (Wildman–Crippen MR) is 157 cm³/mol. The van der Waals surface area contributed by atoms with Crippen molar-refractivity contribution >= 4 is 15.7 Å². The van der Waals surface area contributed by atoms with Crippen LogP contribution in [0, 0.1) is 5.82 Å². The molecule has 2 aromatic carbocycles. The van der Waals surface area contributed by atoms with Crippen molar-refractivity contribution in [1.29, 1.82) is 0 Å². The first kappa shape index (κ1) is 28.7. The molecular formula is C31H42FN5O2S. The van der Waals surface area contributed by atoms with Crippen LogP contribution in [0.1, 0.15) is 81.2 Å². The Kier molecular flexibility index (Phi) is 9.20. The molecule has 0 amide bonds. The first-order valence-corrected chi connectivity index (χ1v) is 16.2. The van der Waals surface area contributed by atoms with E-state index in [-0.39, 0.29) is 23.7 Å². The number of aromatic nitrogens is 3. The molecule has 2 aliphatic rings. The van der Waals surface area contributed by atoms with E-state index in [4.69, 9.17) is 0 Å². The van der Waals surface area contributed by atoms with Gasteiger partial charge in [-0.2, -0.15) is 4.31 Å². The van der Waals surface area contributed by atoms with Crippen LogP contribution in [0.5, 0.6) is 0 Å². The second-order valence-corrected chi connectivity index (χ2v) is 13.7. The molecule has 3 heterocycles. The number of unbranched alkanes of at least 4 members (excludes halogenated alkanes) is 2. The summed E-state index contributed by atoms with van der Waals surface area (Å²) in [6.45, 7) is 3.68. The highest BCUT2D eigenvalue weighted by atomic mass is 32.2. The lowest BCUT2D eigenvalue weighted by Crippen LogP contribution is -2.48. The van der Waals surface area contributed by atoms with Gasteiger partial charge in [0.1, 0.15) is 18.0 Å². The average molecular weight is 568 g/mol. The summed E-state index contributed by atoms with van der Waals surface area (Å²) in [6.07, 6.45) is 9.78. The van der Waals surface area contributed by atoms with Crippen molar-refractivity contribution in [3.05, 3.63) is 77.6 Å². The van der Waals surface area contributed by atoms with E-state index in [9.17, 15) is 8.42 Å². The van der Waals surface area contributed by atoms with Crippen molar-refractivity contribution in [2.45, 2.75) is 88.5 Å². The van der Waals surface area contributed by atoms with Crippen molar-refractivity contribution in [3.8, 4) is 0 Å². The normalized spacial score (nSPS) is 22.0. The van der Waals surface area contributed by atoms with E-state index in [0.717, 1.165) is 69.5 Å². The van der Waals surface area contributed by atoms with Crippen LogP contribution in [0.4, 0.5) is 10.1 Å². The van der Waals surface area contributed by atoms with Crippen LogP contribution in [0.3, 0.4) is 0 Å². The zero-order chi connectivity index (χ0) is 28.1. The molecule has 0 radical (unpaired) electrons. The molecule has 9 heteroatoms. The van der Waals surface area contributed by atoms with E-state index in [0.29, 0.717) is 24.3 Å². The van der Waals surface area contributed by atoms with Gasteiger partial charge < -0.3 is 9.47 Å². The Morgan fingerprint density at radius 2 is 1.75 bits per heavy atom. The summed E-state index contributed by atoms with van der Waals surface area (Å²) in [6, 6.07) is 15.6. The molecule has 1 aromatic heterocycles. The highest BCUT2D eigenvalue weighted by molar-refractivity contribution is 7.89. The van der Waals surface area contributed by atoms with Gasteiger partial charge in [0.15, 0.2) is 0 Å². The Balaban J connectivity index is 1.15. The number of anilines is 1. The SMILES string of the molecule is CC1CCC(CCCCCc2ccccc2)S(=O)(=O)N1Cc1ccc(N2CCC(c3nncn3C)CC2)cc1F. The number of nitrogens with zero attached hydrogens (tertiary/aromatic N) is 5. The molecule has 3 aromatic rings. The van der Waals surface area contributed by atoms with Gasteiger partial charge in [-0.3, -0.25) is 0 Å². The smallest absolute Gasteiger partial charge is 0.217 e. The monoisotopic (exact) mass is 567 g/mol. The molecule has 0 bridgehead atoms. The lowest BCUT2D eigenvalue weighted by Gasteiger charge is -2.37. The number of halogens is 1. The predicted octanol–water partition coefficient (Wildman–Crippen LogP) is 5.82. The third kappa shape index (κ3) is 6.57. The summed E-state index contributed by atoms with van der Waals surface area (Å²) in [5.41, 5.74) is 2.62. The molecule has 0 saturated carbocycles. The van der Waals surface area contributed by atoms with E-state index in [1.54, 1.807) is 22.8 Å². The summed E-state index contributed by atoms with van der Waals surface area (Å²) in [4.78, 5) is 2.20. The summed E-state index contributed by atoms with van der Waals surface area (Å²) >= 11 is 0. The van der Waals surface area contributed by atoms with Gasteiger partial charge in [-0.05, 0) is 69.6 Å². The van der Waals surface area contributed by atoms with Gasteiger partial charge in [0.05, 0.1) is 5.25 Å². The minimum atomic E-state index is -3.49. The molecule has 216 valence electrons. The Bertz CT molecular complexity index is 1360. The fourth-order valence-corrected chi connectivity index (χ4v) is 8.52. The third-order valence-corrected chi connectivity index (χ3v) is 11.3. The number of sulfonamides is 1. The molecule has 0 spiro atoms. The van der Waals surface area contributed by atoms with Gasteiger partial charge in [0, 0.05) is 49.9 Å². The quantitative estimate of drug-likeness (QED) is 0.289. The first-order valence-electron chi connectivity index (χ1n) is 14.7. The van der Waals surface area contributed by atoms with E-state index in [1.165, 1.54) is 5.56 Å². The van der Waals surface area contributed by atoms with E-state index in [1.807, 2.05) is 30.7 Å². The Hall–Kier alpha value is -2.78. The fraction of sp³-hybridized carbons (Fsp3) is 0.548. The summed E-state index contributed by atoms with van der Waals surface area (Å²) in [7, 11) is -1.52. The molecule has 0 N–H and O–H groups in total. The highest BCUT2D eigenvalue weighted by Gasteiger charge is 2.39. The van der Waals surface area contributed by atoms with Crippen molar-refractivity contribution < 1.29 is 12.8 Å². The summed E-state index contributed by atoms with van der Waals surface area (Å²) in [5, 5.41) is 7.88. The number of rotatable bonds is 10. The minimum absolute atomic E-state index is 0.0916. The van der Waals surface area contributed by atoms with Crippen molar-refractivity contribution in [2.24, 2.45) is 7.05 Å².